The summed E-state index contributed by atoms with van der Waals surface area (Å²) < 4.78 is 27.3. The first kappa shape index (κ1) is 14.6. The molecule has 0 saturated heterocycles. The van der Waals surface area contributed by atoms with Crippen LogP contribution in [0.5, 0.6) is 0 Å². The number of hydrogen-bond donors (Lipinski definition) is 2. The maximum atomic E-state index is 14.0. The molecule has 106 valence electrons. The normalized spacial score (nSPS) is 12.4. The Morgan fingerprint density at radius 3 is 2.50 bits per heavy atom. The van der Waals surface area contributed by atoms with Crippen molar-refractivity contribution in [1.82, 2.24) is 5.43 Å². The van der Waals surface area contributed by atoms with Crippen LogP contribution in [0.4, 0.5) is 8.78 Å². The van der Waals surface area contributed by atoms with Gasteiger partial charge < -0.3 is 0 Å². The molecule has 0 aliphatic rings. The third-order valence-corrected chi connectivity index (χ3v) is 3.47. The van der Waals surface area contributed by atoms with Gasteiger partial charge in [-0.15, -0.1) is 0 Å². The van der Waals surface area contributed by atoms with Gasteiger partial charge in [0, 0.05) is 5.56 Å². The molecule has 0 saturated carbocycles. The van der Waals surface area contributed by atoms with E-state index in [0.717, 1.165) is 16.7 Å². The third kappa shape index (κ3) is 3.21. The van der Waals surface area contributed by atoms with Crippen molar-refractivity contribution in [1.29, 1.82) is 0 Å². The predicted octanol–water partition coefficient (Wildman–Crippen LogP) is 3.33. The number of nitrogens with one attached hydrogen (secondary N) is 1. The molecule has 1 unspecified atom stereocenters. The number of nitrogens with two attached hydrogens (primary N) is 1. The molecule has 4 heteroatoms. The number of halogens is 2. The van der Waals surface area contributed by atoms with E-state index in [0.29, 0.717) is 12.0 Å². The fraction of sp³-hybridized carbons (Fsp3) is 0.250. The van der Waals surface area contributed by atoms with E-state index in [9.17, 15) is 8.78 Å². The second kappa shape index (κ2) is 6.11. The van der Waals surface area contributed by atoms with E-state index in [-0.39, 0.29) is 11.6 Å². The predicted molar refractivity (Wildman–Crippen MR) is 76.0 cm³/mol. The second-order valence-corrected chi connectivity index (χ2v) is 5.02. The Morgan fingerprint density at radius 1 is 1.10 bits per heavy atom. The molecule has 20 heavy (non-hydrogen) atoms. The van der Waals surface area contributed by atoms with Gasteiger partial charge in [-0.3, -0.25) is 11.3 Å². The molecular weight excluding hydrogens is 258 g/mol. The van der Waals surface area contributed by atoms with Crippen LogP contribution in [0.3, 0.4) is 0 Å². The fourth-order valence-corrected chi connectivity index (χ4v) is 2.25. The highest BCUT2D eigenvalue weighted by Crippen LogP contribution is 2.23. The summed E-state index contributed by atoms with van der Waals surface area (Å²) in [6, 6.07) is 9.21. The van der Waals surface area contributed by atoms with Crippen molar-refractivity contribution in [2.24, 2.45) is 5.84 Å². The Kier molecular flexibility index (Phi) is 4.47. The van der Waals surface area contributed by atoms with E-state index in [1.165, 1.54) is 18.2 Å². The van der Waals surface area contributed by atoms with E-state index >= 15 is 0 Å². The highest BCUT2D eigenvalue weighted by atomic mass is 19.1. The summed E-state index contributed by atoms with van der Waals surface area (Å²) in [5.41, 5.74) is 5.72. The fourth-order valence-electron chi connectivity index (χ4n) is 2.25. The molecule has 0 amide bonds. The van der Waals surface area contributed by atoms with Gasteiger partial charge >= 0.3 is 0 Å². The maximum absolute atomic E-state index is 14.0. The van der Waals surface area contributed by atoms with Crippen LogP contribution in [0.25, 0.3) is 0 Å². The van der Waals surface area contributed by atoms with Crippen molar-refractivity contribution < 1.29 is 8.78 Å². The van der Waals surface area contributed by atoms with Crippen LogP contribution >= 0.6 is 0 Å². The lowest BCUT2D eigenvalue weighted by atomic mass is 9.95. The minimum absolute atomic E-state index is 0.300. The van der Waals surface area contributed by atoms with Gasteiger partial charge in [-0.2, -0.15) is 0 Å². The second-order valence-electron chi connectivity index (χ2n) is 5.02. The van der Waals surface area contributed by atoms with Gasteiger partial charge in [-0.1, -0.05) is 18.2 Å². The Labute approximate surface area is 117 Å². The molecule has 0 fully saturated rings. The van der Waals surface area contributed by atoms with Crippen molar-refractivity contribution in [2.45, 2.75) is 26.3 Å². The Balaban J connectivity index is 2.31. The summed E-state index contributed by atoms with van der Waals surface area (Å²) in [4.78, 5) is 0. The van der Waals surface area contributed by atoms with Crippen LogP contribution in [-0.2, 0) is 6.42 Å². The third-order valence-electron chi connectivity index (χ3n) is 3.47. The minimum atomic E-state index is -0.393. The summed E-state index contributed by atoms with van der Waals surface area (Å²) in [6.07, 6.45) is 0.431. The van der Waals surface area contributed by atoms with Gasteiger partial charge in [0.15, 0.2) is 0 Å². The van der Waals surface area contributed by atoms with Crippen LogP contribution in [0.1, 0.15) is 28.3 Å². The van der Waals surface area contributed by atoms with Gasteiger partial charge in [0.1, 0.15) is 11.6 Å². The van der Waals surface area contributed by atoms with E-state index in [1.54, 1.807) is 12.1 Å². The lowest BCUT2D eigenvalue weighted by molar-refractivity contribution is 0.508. The van der Waals surface area contributed by atoms with Gasteiger partial charge in [0.2, 0.25) is 0 Å². The van der Waals surface area contributed by atoms with Crippen LogP contribution in [0.15, 0.2) is 36.4 Å². The van der Waals surface area contributed by atoms with Gasteiger partial charge in [-0.25, -0.2) is 8.78 Å². The zero-order chi connectivity index (χ0) is 14.7. The summed E-state index contributed by atoms with van der Waals surface area (Å²) in [6.45, 7) is 3.72. The van der Waals surface area contributed by atoms with Gasteiger partial charge in [0.25, 0.3) is 0 Å². The van der Waals surface area contributed by atoms with Crippen LogP contribution < -0.4 is 11.3 Å². The number of hydrazine groups is 1. The molecule has 2 rings (SSSR count). The summed E-state index contributed by atoms with van der Waals surface area (Å²) in [5.74, 6) is 4.93. The molecular formula is C16H18F2N2. The van der Waals surface area contributed by atoms with Gasteiger partial charge in [0.05, 0.1) is 6.04 Å². The number of rotatable bonds is 4. The summed E-state index contributed by atoms with van der Waals surface area (Å²) in [7, 11) is 0. The van der Waals surface area contributed by atoms with E-state index < -0.39 is 6.04 Å². The molecule has 1 atom stereocenters. The summed E-state index contributed by atoms with van der Waals surface area (Å²) >= 11 is 0. The molecule has 0 spiro atoms. The highest BCUT2D eigenvalue weighted by Gasteiger charge is 2.16. The van der Waals surface area contributed by atoms with E-state index in [1.807, 2.05) is 19.9 Å². The van der Waals surface area contributed by atoms with Crippen LogP contribution in [0, 0.1) is 25.5 Å². The van der Waals surface area contributed by atoms with Crippen LogP contribution in [0.2, 0.25) is 0 Å². The average molecular weight is 276 g/mol. The minimum Gasteiger partial charge on any atom is -0.271 e. The summed E-state index contributed by atoms with van der Waals surface area (Å²) in [5, 5.41) is 0. The first-order valence-corrected chi connectivity index (χ1v) is 6.48. The molecule has 3 N–H and O–H groups in total. The van der Waals surface area contributed by atoms with E-state index in [2.05, 4.69) is 5.43 Å². The topological polar surface area (TPSA) is 38.0 Å². The standard InChI is InChI=1S/C16H18F2N2/c1-10-3-6-14(15(18)7-10)16(20-19)9-12-8-13(17)5-4-11(12)2/h3-8,16,20H,9,19H2,1-2H3. The molecule has 2 aromatic carbocycles. The first-order valence-electron chi connectivity index (χ1n) is 6.48. The monoisotopic (exact) mass is 276 g/mol. The molecule has 2 aromatic rings. The highest BCUT2D eigenvalue weighted by molar-refractivity contribution is 5.31. The van der Waals surface area contributed by atoms with Crippen molar-refractivity contribution in [3.8, 4) is 0 Å². The van der Waals surface area contributed by atoms with Crippen LogP contribution in [-0.4, -0.2) is 0 Å². The lowest BCUT2D eigenvalue weighted by Gasteiger charge is -2.18. The number of aryl methyl sites for hydroxylation is 2. The quantitative estimate of drug-likeness (QED) is 0.664. The molecule has 0 aromatic heterocycles. The lowest BCUT2D eigenvalue weighted by Crippen LogP contribution is -2.30. The Bertz CT molecular complexity index is 611. The molecule has 0 heterocycles. The Hall–Kier alpha value is -1.78. The number of hydrogen-bond acceptors (Lipinski definition) is 2. The van der Waals surface area contributed by atoms with E-state index in [4.69, 9.17) is 5.84 Å². The molecule has 0 radical (unpaired) electrons. The van der Waals surface area contributed by atoms with Gasteiger partial charge in [-0.05, 0) is 55.2 Å². The average Bonchev–Trinajstić information content (AvgIpc) is 2.40. The molecule has 0 bridgehead atoms. The molecule has 2 nitrogen and oxygen atoms in total. The van der Waals surface area contributed by atoms with Crippen molar-refractivity contribution in [2.75, 3.05) is 0 Å². The molecule has 0 aliphatic carbocycles. The van der Waals surface area contributed by atoms with Crippen molar-refractivity contribution in [3.05, 3.63) is 70.3 Å². The first-order chi connectivity index (χ1) is 9.51. The smallest absolute Gasteiger partial charge is 0.128 e. The zero-order valence-corrected chi connectivity index (χ0v) is 11.6. The zero-order valence-electron chi connectivity index (χ0n) is 11.6. The maximum Gasteiger partial charge on any atom is 0.128 e. The van der Waals surface area contributed by atoms with Crippen molar-refractivity contribution in [3.63, 3.8) is 0 Å². The molecule has 0 aliphatic heterocycles. The largest absolute Gasteiger partial charge is 0.271 e. The number of benzene rings is 2. The van der Waals surface area contributed by atoms with Crippen molar-refractivity contribution >= 4 is 0 Å². The SMILES string of the molecule is Cc1ccc(C(Cc2cc(F)ccc2C)NN)c(F)c1. The Morgan fingerprint density at radius 2 is 1.85 bits per heavy atom.